The second-order valence-electron chi connectivity index (χ2n) is 6.14. The van der Waals surface area contributed by atoms with Gasteiger partial charge in [0.1, 0.15) is 0 Å². The van der Waals surface area contributed by atoms with Crippen LogP contribution in [0.1, 0.15) is 23.1 Å². The summed E-state index contributed by atoms with van der Waals surface area (Å²) in [6.07, 6.45) is 2.26. The molecule has 1 N–H and O–H groups in total. The normalized spacial score (nSPS) is 11.0. The lowest BCUT2D eigenvalue weighted by Crippen LogP contribution is -2.16. The molecule has 0 amide bonds. The van der Waals surface area contributed by atoms with Crippen LogP contribution in [0, 0.1) is 6.92 Å². The Morgan fingerprint density at radius 3 is 2.56 bits per heavy atom. The van der Waals surface area contributed by atoms with E-state index in [1.807, 2.05) is 41.8 Å². The van der Waals surface area contributed by atoms with E-state index in [-0.39, 0.29) is 11.8 Å². The van der Waals surface area contributed by atoms with Crippen LogP contribution in [0.4, 0.5) is 0 Å². The highest BCUT2D eigenvalue weighted by Gasteiger charge is 2.11. The molecule has 4 nitrogen and oxygen atoms in total. The second kappa shape index (κ2) is 7.11. The Labute approximate surface area is 150 Å². The van der Waals surface area contributed by atoms with Crippen LogP contribution in [-0.4, -0.2) is 15.6 Å². The van der Waals surface area contributed by atoms with Crippen molar-refractivity contribution in [3.63, 3.8) is 0 Å². The monoisotopic (exact) mass is 355 g/mol. The lowest BCUT2D eigenvalue weighted by molar-refractivity contribution is -0.137. The zero-order valence-corrected chi connectivity index (χ0v) is 14.6. The van der Waals surface area contributed by atoms with Crippen LogP contribution in [0.2, 0.25) is 5.02 Å². The van der Waals surface area contributed by atoms with Crippen molar-refractivity contribution in [3.8, 4) is 0 Å². The molecule has 25 heavy (non-hydrogen) atoms. The second-order valence-corrected chi connectivity index (χ2v) is 6.58. The Morgan fingerprint density at radius 1 is 1.16 bits per heavy atom. The summed E-state index contributed by atoms with van der Waals surface area (Å²) in [4.78, 5) is 23.8. The number of hydrogen-bond donors (Lipinski definition) is 1. The van der Waals surface area contributed by atoms with Crippen LogP contribution in [-0.2, 0) is 17.8 Å². The van der Waals surface area contributed by atoms with Crippen molar-refractivity contribution < 1.29 is 9.90 Å². The smallest absolute Gasteiger partial charge is 0.305 e. The Balaban J connectivity index is 2.10. The third-order valence-electron chi connectivity index (χ3n) is 4.18. The zero-order chi connectivity index (χ0) is 18.0. The standard InChI is InChI=1S/C20H18ClNO3/c1-13-2-7-18-17(10-13)20(25)15(12-22(18)9-8-19(23)24)11-14-3-5-16(21)6-4-14/h2-7,10,12H,8-9,11H2,1H3,(H,23,24). The molecule has 0 saturated carbocycles. The molecule has 0 radical (unpaired) electrons. The van der Waals surface area contributed by atoms with Crippen molar-refractivity contribution in [2.24, 2.45) is 0 Å². The number of aryl methyl sites for hydroxylation is 2. The van der Waals surface area contributed by atoms with E-state index in [1.165, 1.54) is 0 Å². The van der Waals surface area contributed by atoms with Crippen LogP contribution in [0.5, 0.6) is 0 Å². The van der Waals surface area contributed by atoms with Gasteiger partial charge in [0.15, 0.2) is 5.43 Å². The molecule has 2 aromatic carbocycles. The minimum absolute atomic E-state index is 0.00618. The number of nitrogens with zero attached hydrogens (tertiary/aromatic N) is 1. The Morgan fingerprint density at radius 2 is 1.88 bits per heavy atom. The van der Waals surface area contributed by atoms with Gasteiger partial charge < -0.3 is 9.67 Å². The van der Waals surface area contributed by atoms with Gasteiger partial charge in [-0.1, -0.05) is 35.4 Å². The van der Waals surface area contributed by atoms with Gasteiger partial charge in [0, 0.05) is 35.1 Å². The quantitative estimate of drug-likeness (QED) is 0.751. The molecule has 0 bridgehead atoms. The van der Waals surface area contributed by atoms with Crippen LogP contribution >= 0.6 is 11.6 Å². The third kappa shape index (κ3) is 3.91. The number of carbonyl (C=O) groups is 1. The zero-order valence-electron chi connectivity index (χ0n) is 13.8. The number of aromatic nitrogens is 1. The summed E-state index contributed by atoms with van der Waals surface area (Å²) in [7, 11) is 0. The molecule has 1 heterocycles. The van der Waals surface area contributed by atoms with Gasteiger partial charge in [-0.2, -0.15) is 0 Å². The maximum atomic E-state index is 12.9. The topological polar surface area (TPSA) is 59.3 Å². The van der Waals surface area contributed by atoms with E-state index in [1.54, 1.807) is 18.3 Å². The van der Waals surface area contributed by atoms with Crippen LogP contribution < -0.4 is 5.43 Å². The number of rotatable bonds is 5. The summed E-state index contributed by atoms with van der Waals surface area (Å²) >= 11 is 5.92. The van der Waals surface area contributed by atoms with Gasteiger partial charge in [-0.05, 0) is 36.8 Å². The first kappa shape index (κ1) is 17.2. The minimum atomic E-state index is -0.863. The molecular formula is C20H18ClNO3. The molecule has 0 saturated heterocycles. The van der Waals surface area contributed by atoms with Crippen molar-refractivity contribution in [3.05, 3.63) is 80.6 Å². The average molecular weight is 356 g/mol. The lowest BCUT2D eigenvalue weighted by atomic mass is 10.0. The van der Waals surface area contributed by atoms with Crippen molar-refractivity contribution in [1.82, 2.24) is 4.57 Å². The first-order valence-corrected chi connectivity index (χ1v) is 8.41. The van der Waals surface area contributed by atoms with Gasteiger partial charge in [0.2, 0.25) is 0 Å². The number of fused-ring (bicyclic) bond motifs is 1. The summed E-state index contributed by atoms with van der Waals surface area (Å²) in [6.45, 7) is 2.26. The summed E-state index contributed by atoms with van der Waals surface area (Å²) in [5.41, 5.74) is 3.37. The predicted molar refractivity (Wildman–Crippen MR) is 99.5 cm³/mol. The molecule has 0 unspecified atom stereocenters. The Hall–Kier alpha value is -2.59. The van der Waals surface area contributed by atoms with E-state index in [0.29, 0.717) is 28.9 Å². The van der Waals surface area contributed by atoms with Gasteiger partial charge >= 0.3 is 5.97 Å². The highest BCUT2D eigenvalue weighted by molar-refractivity contribution is 6.30. The number of aliphatic carboxylic acids is 1. The van der Waals surface area contributed by atoms with Gasteiger partial charge in [-0.3, -0.25) is 9.59 Å². The van der Waals surface area contributed by atoms with E-state index >= 15 is 0 Å². The molecule has 0 spiro atoms. The predicted octanol–water partition coefficient (Wildman–Crippen LogP) is 4.03. The highest BCUT2D eigenvalue weighted by Crippen LogP contribution is 2.17. The minimum Gasteiger partial charge on any atom is -0.481 e. The van der Waals surface area contributed by atoms with E-state index in [2.05, 4.69) is 0 Å². The number of pyridine rings is 1. The third-order valence-corrected chi connectivity index (χ3v) is 4.44. The van der Waals surface area contributed by atoms with Crippen molar-refractivity contribution in [1.29, 1.82) is 0 Å². The molecule has 0 aliphatic carbocycles. The average Bonchev–Trinajstić information content (AvgIpc) is 2.58. The molecule has 0 atom stereocenters. The fourth-order valence-corrected chi connectivity index (χ4v) is 3.05. The summed E-state index contributed by atoms with van der Waals surface area (Å²) in [5, 5.41) is 10.3. The van der Waals surface area contributed by atoms with Crippen molar-refractivity contribution in [2.75, 3.05) is 0 Å². The summed E-state index contributed by atoms with van der Waals surface area (Å²) in [6, 6.07) is 13.0. The molecule has 3 aromatic rings. The fourth-order valence-electron chi connectivity index (χ4n) is 2.92. The number of halogens is 1. The van der Waals surface area contributed by atoms with Crippen molar-refractivity contribution >= 4 is 28.5 Å². The molecule has 3 rings (SSSR count). The van der Waals surface area contributed by atoms with Gasteiger partial charge in [-0.15, -0.1) is 0 Å². The van der Waals surface area contributed by atoms with E-state index in [9.17, 15) is 9.59 Å². The maximum Gasteiger partial charge on any atom is 0.305 e. The Bertz CT molecular complexity index is 990. The molecule has 0 aliphatic rings. The molecule has 0 fully saturated rings. The van der Waals surface area contributed by atoms with E-state index in [4.69, 9.17) is 16.7 Å². The van der Waals surface area contributed by atoms with E-state index in [0.717, 1.165) is 16.6 Å². The fraction of sp³-hybridized carbons (Fsp3) is 0.200. The summed E-state index contributed by atoms with van der Waals surface area (Å²) < 4.78 is 1.86. The molecule has 5 heteroatoms. The number of hydrogen-bond acceptors (Lipinski definition) is 2. The highest BCUT2D eigenvalue weighted by atomic mass is 35.5. The van der Waals surface area contributed by atoms with Gasteiger partial charge in [0.05, 0.1) is 11.9 Å². The van der Waals surface area contributed by atoms with Crippen LogP contribution in [0.3, 0.4) is 0 Å². The maximum absolute atomic E-state index is 12.9. The summed E-state index contributed by atoms with van der Waals surface area (Å²) in [5.74, 6) is -0.863. The molecular weight excluding hydrogens is 338 g/mol. The van der Waals surface area contributed by atoms with Crippen LogP contribution in [0.25, 0.3) is 10.9 Å². The lowest BCUT2D eigenvalue weighted by Gasteiger charge is -2.13. The van der Waals surface area contributed by atoms with Gasteiger partial charge in [-0.25, -0.2) is 0 Å². The number of carboxylic acids is 1. The SMILES string of the molecule is Cc1ccc2c(c1)c(=O)c(Cc1ccc(Cl)cc1)cn2CCC(=O)O. The molecule has 0 aliphatic heterocycles. The Kier molecular flexibility index (Phi) is 4.91. The van der Waals surface area contributed by atoms with Gasteiger partial charge in [0.25, 0.3) is 0 Å². The number of carboxylic acid groups (broad SMARTS) is 1. The first-order chi connectivity index (χ1) is 11.9. The van der Waals surface area contributed by atoms with Crippen molar-refractivity contribution in [2.45, 2.75) is 26.3 Å². The first-order valence-electron chi connectivity index (χ1n) is 8.03. The van der Waals surface area contributed by atoms with Crippen LogP contribution in [0.15, 0.2) is 53.5 Å². The molecule has 128 valence electrons. The number of benzene rings is 2. The molecule has 1 aromatic heterocycles. The van der Waals surface area contributed by atoms with E-state index < -0.39 is 5.97 Å². The largest absolute Gasteiger partial charge is 0.481 e.